The van der Waals surface area contributed by atoms with Crippen molar-refractivity contribution in [2.45, 2.75) is 20.3 Å². The Kier molecular flexibility index (Phi) is 2.97. The van der Waals surface area contributed by atoms with Gasteiger partial charge in [-0.05, 0) is 12.3 Å². The molecule has 0 unspecified atom stereocenters. The summed E-state index contributed by atoms with van der Waals surface area (Å²) in [6.45, 7) is 3.94. The highest BCUT2D eigenvalue weighted by molar-refractivity contribution is 6.31. The lowest BCUT2D eigenvalue weighted by atomic mass is 10.1. The lowest BCUT2D eigenvalue weighted by molar-refractivity contribution is -0.386. The molecule has 0 bridgehead atoms. The van der Waals surface area contributed by atoms with Crippen molar-refractivity contribution < 1.29 is 4.92 Å². The molecule has 0 aliphatic heterocycles. The fraction of sp³-hybridized carbons (Fsp3) is 0.400. The van der Waals surface area contributed by atoms with Crippen LogP contribution < -0.4 is 0 Å². The van der Waals surface area contributed by atoms with E-state index in [0.717, 1.165) is 0 Å². The van der Waals surface area contributed by atoms with E-state index >= 15 is 0 Å². The van der Waals surface area contributed by atoms with Crippen LogP contribution in [0.15, 0.2) is 12.3 Å². The van der Waals surface area contributed by atoms with E-state index in [0.29, 0.717) is 17.8 Å². The molecule has 90 valence electrons. The third-order valence-electron chi connectivity index (χ3n) is 2.31. The highest BCUT2D eigenvalue weighted by Crippen LogP contribution is 2.29. The molecular formula is C10H11ClN4O2. The zero-order valence-electron chi connectivity index (χ0n) is 9.42. The Morgan fingerprint density at radius 2 is 2.29 bits per heavy atom. The highest BCUT2D eigenvalue weighted by Gasteiger charge is 2.24. The SMILES string of the molecule is CC(C)Cc1nc2ccnn2c(Cl)c1[N+](=O)[O-]. The van der Waals surface area contributed by atoms with Gasteiger partial charge in [-0.3, -0.25) is 10.1 Å². The molecule has 0 aliphatic carbocycles. The molecule has 0 radical (unpaired) electrons. The second kappa shape index (κ2) is 4.29. The van der Waals surface area contributed by atoms with Crippen LogP contribution in [0.4, 0.5) is 5.69 Å². The van der Waals surface area contributed by atoms with Gasteiger partial charge in [0, 0.05) is 6.07 Å². The molecule has 2 rings (SSSR count). The molecule has 2 heterocycles. The van der Waals surface area contributed by atoms with Gasteiger partial charge in [0.1, 0.15) is 5.69 Å². The average Bonchev–Trinajstić information content (AvgIpc) is 2.64. The second-order valence-corrected chi connectivity index (χ2v) is 4.51. The Labute approximate surface area is 102 Å². The predicted octanol–water partition coefficient (Wildman–Crippen LogP) is 2.49. The third-order valence-corrected chi connectivity index (χ3v) is 2.65. The molecule has 17 heavy (non-hydrogen) atoms. The van der Waals surface area contributed by atoms with Crippen LogP contribution in [0.5, 0.6) is 0 Å². The predicted molar refractivity (Wildman–Crippen MR) is 63.2 cm³/mol. The van der Waals surface area contributed by atoms with Crippen LogP contribution in [-0.2, 0) is 6.42 Å². The maximum Gasteiger partial charge on any atom is 0.327 e. The van der Waals surface area contributed by atoms with E-state index in [9.17, 15) is 10.1 Å². The first kappa shape index (κ1) is 11.8. The number of fused-ring (bicyclic) bond motifs is 1. The fourth-order valence-electron chi connectivity index (χ4n) is 1.65. The zero-order valence-corrected chi connectivity index (χ0v) is 10.2. The van der Waals surface area contributed by atoms with Gasteiger partial charge in [0.2, 0.25) is 5.15 Å². The Morgan fingerprint density at radius 3 is 2.88 bits per heavy atom. The van der Waals surface area contributed by atoms with Gasteiger partial charge in [0.25, 0.3) is 0 Å². The van der Waals surface area contributed by atoms with Crippen molar-refractivity contribution in [3.63, 3.8) is 0 Å². The minimum Gasteiger partial charge on any atom is -0.258 e. The molecule has 0 fully saturated rings. The first-order chi connectivity index (χ1) is 8.00. The maximum atomic E-state index is 11.0. The topological polar surface area (TPSA) is 73.3 Å². The number of halogens is 1. The second-order valence-electron chi connectivity index (χ2n) is 4.15. The molecule has 0 aromatic carbocycles. The van der Waals surface area contributed by atoms with Gasteiger partial charge < -0.3 is 0 Å². The Hall–Kier alpha value is -1.69. The minimum atomic E-state index is -0.506. The van der Waals surface area contributed by atoms with Crippen LogP contribution in [0.3, 0.4) is 0 Å². The highest BCUT2D eigenvalue weighted by atomic mass is 35.5. The van der Waals surface area contributed by atoms with E-state index in [4.69, 9.17) is 11.6 Å². The number of aromatic nitrogens is 3. The van der Waals surface area contributed by atoms with Gasteiger partial charge in [-0.15, -0.1) is 0 Å². The molecule has 2 aromatic heterocycles. The molecule has 2 aromatic rings. The molecule has 0 N–H and O–H groups in total. The number of nitrogens with zero attached hydrogens (tertiary/aromatic N) is 4. The van der Waals surface area contributed by atoms with Gasteiger partial charge >= 0.3 is 5.69 Å². The van der Waals surface area contributed by atoms with Crippen LogP contribution in [0.1, 0.15) is 19.5 Å². The summed E-state index contributed by atoms with van der Waals surface area (Å²) in [5.74, 6) is 0.266. The maximum absolute atomic E-state index is 11.0. The first-order valence-electron chi connectivity index (χ1n) is 5.17. The van der Waals surface area contributed by atoms with E-state index in [1.165, 1.54) is 10.7 Å². The van der Waals surface area contributed by atoms with Crippen molar-refractivity contribution >= 4 is 22.9 Å². The molecular weight excluding hydrogens is 244 g/mol. The molecule has 0 saturated heterocycles. The van der Waals surface area contributed by atoms with Gasteiger partial charge in [0.05, 0.1) is 11.1 Å². The molecule has 0 saturated carbocycles. The van der Waals surface area contributed by atoms with E-state index in [2.05, 4.69) is 10.1 Å². The lowest BCUT2D eigenvalue weighted by Gasteiger charge is -2.07. The van der Waals surface area contributed by atoms with Crippen LogP contribution in [-0.4, -0.2) is 19.5 Å². The summed E-state index contributed by atoms with van der Waals surface area (Å²) < 4.78 is 1.27. The Balaban J connectivity index is 2.70. The summed E-state index contributed by atoms with van der Waals surface area (Å²) in [5, 5.41) is 14.9. The summed E-state index contributed by atoms with van der Waals surface area (Å²) in [6, 6.07) is 1.67. The van der Waals surface area contributed by atoms with Crippen molar-refractivity contribution in [2.24, 2.45) is 5.92 Å². The molecule has 6 nitrogen and oxygen atoms in total. The number of nitro groups is 1. The molecule has 0 amide bonds. The summed E-state index contributed by atoms with van der Waals surface area (Å²) in [6.07, 6.45) is 2.02. The van der Waals surface area contributed by atoms with Crippen molar-refractivity contribution in [2.75, 3.05) is 0 Å². The standard InChI is InChI=1S/C10H11ClN4O2/c1-6(2)5-7-9(15(16)17)10(11)14-8(13-7)3-4-12-14/h3-4,6H,5H2,1-2H3. The van der Waals surface area contributed by atoms with Crippen molar-refractivity contribution in [1.82, 2.24) is 14.6 Å². The van der Waals surface area contributed by atoms with Gasteiger partial charge in [0.15, 0.2) is 5.65 Å². The molecule has 0 aliphatic rings. The van der Waals surface area contributed by atoms with Crippen LogP contribution in [0.2, 0.25) is 5.15 Å². The van der Waals surface area contributed by atoms with Crippen LogP contribution in [0, 0.1) is 16.0 Å². The van der Waals surface area contributed by atoms with Crippen molar-refractivity contribution in [3.8, 4) is 0 Å². The first-order valence-corrected chi connectivity index (χ1v) is 5.55. The number of hydrogen-bond acceptors (Lipinski definition) is 4. The summed E-state index contributed by atoms with van der Waals surface area (Å²) in [5.41, 5.74) is 0.774. The number of hydrogen-bond donors (Lipinski definition) is 0. The lowest BCUT2D eigenvalue weighted by Crippen LogP contribution is -2.07. The summed E-state index contributed by atoms with van der Waals surface area (Å²) in [7, 11) is 0. The fourth-order valence-corrected chi connectivity index (χ4v) is 1.96. The summed E-state index contributed by atoms with van der Waals surface area (Å²) >= 11 is 5.99. The van der Waals surface area contributed by atoms with E-state index in [1.54, 1.807) is 6.07 Å². The van der Waals surface area contributed by atoms with Crippen LogP contribution in [0.25, 0.3) is 5.65 Å². The molecule has 7 heteroatoms. The van der Waals surface area contributed by atoms with E-state index < -0.39 is 4.92 Å². The number of rotatable bonds is 3. The smallest absolute Gasteiger partial charge is 0.258 e. The monoisotopic (exact) mass is 254 g/mol. The Bertz CT molecular complexity index is 579. The van der Waals surface area contributed by atoms with Gasteiger partial charge in [-0.1, -0.05) is 25.4 Å². The molecule has 0 spiro atoms. The third kappa shape index (κ3) is 2.08. The normalized spacial score (nSPS) is 11.3. The van der Waals surface area contributed by atoms with Gasteiger partial charge in [-0.2, -0.15) is 9.61 Å². The Morgan fingerprint density at radius 1 is 1.59 bits per heavy atom. The van der Waals surface area contributed by atoms with E-state index in [-0.39, 0.29) is 16.8 Å². The van der Waals surface area contributed by atoms with Gasteiger partial charge in [-0.25, -0.2) is 4.98 Å². The van der Waals surface area contributed by atoms with Crippen LogP contribution >= 0.6 is 11.6 Å². The summed E-state index contributed by atoms with van der Waals surface area (Å²) in [4.78, 5) is 14.8. The molecule has 0 atom stereocenters. The quantitative estimate of drug-likeness (QED) is 0.479. The van der Waals surface area contributed by atoms with Crippen molar-refractivity contribution in [3.05, 3.63) is 33.2 Å². The van der Waals surface area contributed by atoms with Crippen molar-refractivity contribution in [1.29, 1.82) is 0 Å². The van der Waals surface area contributed by atoms with E-state index in [1.807, 2.05) is 13.8 Å². The average molecular weight is 255 g/mol. The largest absolute Gasteiger partial charge is 0.327 e. The minimum absolute atomic E-state index is 0.000602. The zero-order chi connectivity index (χ0) is 12.6.